The van der Waals surface area contributed by atoms with Crippen LogP contribution in [0.2, 0.25) is 5.02 Å². The van der Waals surface area contributed by atoms with E-state index in [9.17, 15) is 8.78 Å². The minimum absolute atomic E-state index is 0.264. The number of aromatic hydroxyl groups is 1. The maximum absolute atomic E-state index is 12.2. The first kappa shape index (κ1) is 9.98. The summed E-state index contributed by atoms with van der Waals surface area (Å²) in [7, 11) is 1.21. The zero-order valence-electron chi connectivity index (χ0n) is 6.59. The first-order valence-electron chi connectivity index (χ1n) is 3.27. The molecule has 0 unspecified atom stereocenters. The van der Waals surface area contributed by atoms with E-state index < -0.39 is 12.1 Å². The summed E-state index contributed by atoms with van der Waals surface area (Å²) in [5, 5.41) is 8.80. The maximum Gasteiger partial charge on any atom is 0.281 e. The summed E-state index contributed by atoms with van der Waals surface area (Å²) in [5.74, 6) is -0.628. The normalized spacial score (nSPS) is 10.5. The smallest absolute Gasteiger partial charge is 0.281 e. The van der Waals surface area contributed by atoms with E-state index in [1.807, 2.05) is 0 Å². The van der Waals surface area contributed by atoms with Crippen molar-refractivity contribution < 1.29 is 18.6 Å². The van der Waals surface area contributed by atoms with Crippen molar-refractivity contribution in [2.45, 2.75) is 6.43 Å². The number of aromatic nitrogens is 1. The van der Waals surface area contributed by atoms with Gasteiger partial charge < -0.3 is 9.84 Å². The fourth-order valence-corrected chi connectivity index (χ4v) is 1.01. The molecule has 1 rings (SSSR count). The van der Waals surface area contributed by atoms with Crippen LogP contribution in [0.25, 0.3) is 0 Å². The Kier molecular flexibility index (Phi) is 2.87. The Morgan fingerprint density at radius 3 is 2.69 bits per heavy atom. The fraction of sp³-hybridized carbons (Fsp3) is 0.286. The summed E-state index contributed by atoms with van der Waals surface area (Å²) >= 11 is 5.40. The second kappa shape index (κ2) is 3.74. The molecule has 72 valence electrons. The van der Waals surface area contributed by atoms with Crippen molar-refractivity contribution in [3.63, 3.8) is 0 Å². The molecule has 1 N–H and O–H groups in total. The predicted molar refractivity (Wildman–Crippen MR) is 42.4 cm³/mol. The van der Waals surface area contributed by atoms with Gasteiger partial charge in [-0.2, -0.15) is 0 Å². The summed E-state index contributed by atoms with van der Waals surface area (Å²) in [6, 6.07) is 0.967. The summed E-state index contributed by atoms with van der Waals surface area (Å²) in [5.41, 5.74) is -0.601. The lowest BCUT2D eigenvalue weighted by Crippen LogP contribution is -1.95. The van der Waals surface area contributed by atoms with E-state index in [1.54, 1.807) is 0 Å². The molecule has 0 fully saturated rings. The Hall–Kier alpha value is -1.10. The van der Waals surface area contributed by atoms with Gasteiger partial charge >= 0.3 is 0 Å². The van der Waals surface area contributed by atoms with Crippen molar-refractivity contribution in [2.75, 3.05) is 7.11 Å². The molecule has 0 amide bonds. The van der Waals surface area contributed by atoms with Gasteiger partial charge in [-0.05, 0) is 0 Å². The lowest BCUT2D eigenvalue weighted by atomic mass is 10.3. The third kappa shape index (κ3) is 1.98. The van der Waals surface area contributed by atoms with Crippen LogP contribution in [0.15, 0.2) is 6.07 Å². The molecule has 1 aromatic rings. The number of halogens is 3. The standard InChI is InChI=1S/C7H6ClF2NO2/c1-13-7-4(12)2-3(8)5(11-7)6(9)10/h2,6,12H,1H3. The van der Waals surface area contributed by atoms with Gasteiger partial charge in [0.2, 0.25) is 0 Å². The predicted octanol–water partition coefficient (Wildman–Crippen LogP) is 2.39. The number of alkyl halides is 2. The van der Waals surface area contributed by atoms with Crippen LogP contribution in [0.4, 0.5) is 8.78 Å². The minimum atomic E-state index is -2.79. The Labute approximate surface area is 77.9 Å². The number of hydrogen-bond acceptors (Lipinski definition) is 3. The van der Waals surface area contributed by atoms with Crippen LogP contribution in [-0.4, -0.2) is 17.2 Å². The zero-order chi connectivity index (χ0) is 10.0. The van der Waals surface area contributed by atoms with E-state index in [2.05, 4.69) is 9.72 Å². The van der Waals surface area contributed by atoms with Gasteiger partial charge in [0.15, 0.2) is 5.75 Å². The highest BCUT2D eigenvalue weighted by molar-refractivity contribution is 6.31. The van der Waals surface area contributed by atoms with Gasteiger partial charge in [-0.25, -0.2) is 13.8 Å². The molecule has 0 aliphatic heterocycles. The number of nitrogens with zero attached hydrogens (tertiary/aromatic N) is 1. The summed E-state index contributed by atoms with van der Waals surface area (Å²) in [6.07, 6.45) is -2.79. The Morgan fingerprint density at radius 1 is 1.62 bits per heavy atom. The van der Waals surface area contributed by atoms with Crippen molar-refractivity contribution in [1.82, 2.24) is 4.98 Å². The first-order valence-corrected chi connectivity index (χ1v) is 3.65. The van der Waals surface area contributed by atoms with Crippen molar-refractivity contribution >= 4 is 11.6 Å². The minimum Gasteiger partial charge on any atom is -0.503 e. The topological polar surface area (TPSA) is 42.4 Å². The molecular weight excluding hydrogens is 204 g/mol. The largest absolute Gasteiger partial charge is 0.503 e. The third-order valence-electron chi connectivity index (χ3n) is 1.35. The van der Waals surface area contributed by atoms with Crippen molar-refractivity contribution in [2.24, 2.45) is 0 Å². The first-order chi connectivity index (χ1) is 6.06. The average Bonchev–Trinajstić information content (AvgIpc) is 2.03. The van der Waals surface area contributed by atoms with Gasteiger partial charge in [0.05, 0.1) is 12.1 Å². The molecular formula is C7H6ClF2NO2. The molecule has 0 spiro atoms. The van der Waals surface area contributed by atoms with Crippen LogP contribution in [-0.2, 0) is 0 Å². The number of hydrogen-bond donors (Lipinski definition) is 1. The number of rotatable bonds is 2. The molecule has 3 nitrogen and oxygen atoms in total. The van der Waals surface area contributed by atoms with E-state index >= 15 is 0 Å². The number of methoxy groups -OCH3 is 1. The van der Waals surface area contributed by atoms with E-state index in [-0.39, 0.29) is 16.7 Å². The van der Waals surface area contributed by atoms with E-state index in [0.717, 1.165) is 6.07 Å². The molecule has 0 aliphatic rings. The van der Waals surface area contributed by atoms with Crippen LogP contribution in [0.1, 0.15) is 12.1 Å². The second-order valence-corrected chi connectivity index (χ2v) is 2.59. The van der Waals surface area contributed by atoms with Crippen molar-refractivity contribution in [3.8, 4) is 11.6 Å². The average molecular weight is 210 g/mol. The van der Waals surface area contributed by atoms with Gasteiger partial charge in [0.25, 0.3) is 12.3 Å². The molecule has 0 aromatic carbocycles. The molecule has 6 heteroatoms. The molecule has 0 saturated heterocycles. The summed E-state index contributed by atoms with van der Waals surface area (Å²) in [6.45, 7) is 0. The number of ether oxygens (including phenoxy) is 1. The fourth-order valence-electron chi connectivity index (χ4n) is 0.779. The zero-order valence-corrected chi connectivity index (χ0v) is 7.35. The van der Waals surface area contributed by atoms with E-state index in [0.29, 0.717) is 0 Å². The van der Waals surface area contributed by atoms with Crippen LogP contribution in [0.5, 0.6) is 11.6 Å². The van der Waals surface area contributed by atoms with Gasteiger partial charge in [0, 0.05) is 6.07 Å². The van der Waals surface area contributed by atoms with Gasteiger partial charge in [-0.15, -0.1) is 0 Å². The lowest BCUT2D eigenvalue weighted by Gasteiger charge is -2.06. The van der Waals surface area contributed by atoms with Gasteiger partial charge in [0.1, 0.15) is 5.69 Å². The van der Waals surface area contributed by atoms with Crippen molar-refractivity contribution in [3.05, 3.63) is 16.8 Å². The maximum atomic E-state index is 12.2. The second-order valence-electron chi connectivity index (χ2n) is 2.18. The summed E-state index contributed by atoms with van der Waals surface area (Å²) in [4.78, 5) is 3.34. The molecule has 13 heavy (non-hydrogen) atoms. The molecule has 0 aliphatic carbocycles. The van der Waals surface area contributed by atoms with Crippen LogP contribution in [0.3, 0.4) is 0 Å². The molecule has 1 aromatic heterocycles. The Bertz CT molecular complexity index is 320. The summed E-state index contributed by atoms with van der Waals surface area (Å²) < 4.78 is 28.9. The Morgan fingerprint density at radius 2 is 2.23 bits per heavy atom. The third-order valence-corrected chi connectivity index (χ3v) is 1.65. The SMILES string of the molecule is COc1nc(C(F)F)c(Cl)cc1O. The molecule has 0 radical (unpaired) electrons. The molecule has 0 bridgehead atoms. The molecule has 1 heterocycles. The highest BCUT2D eigenvalue weighted by Crippen LogP contribution is 2.33. The Balaban J connectivity index is 3.22. The van der Waals surface area contributed by atoms with Gasteiger partial charge in [-0.3, -0.25) is 0 Å². The highest BCUT2D eigenvalue weighted by Gasteiger charge is 2.17. The molecule has 0 saturated carbocycles. The van der Waals surface area contributed by atoms with Gasteiger partial charge in [-0.1, -0.05) is 11.6 Å². The van der Waals surface area contributed by atoms with E-state index in [1.165, 1.54) is 7.11 Å². The monoisotopic (exact) mass is 209 g/mol. The highest BCUT2D eigenvalue weighted by atomic mass is 35.5. The van der Waals surface area contributed by atoms with Crippen LogP contribution in [0, 0.1) is 0 Å². The number of pyridine rings is 1. The van der Waals surface area contributed by atoms with Crippen LogP contribution >= 0.6 is 11.6 Å². The van der Waals surface area contributed by atoms with Crippen molar-refractivity contribution in [1.29, 1.82) is 0 Å². The molecule has 0 atom stereocenters. The quantitative estimate of drug-likeness (QED) is 0.813. The lowest BCUT2D eigenvalue weighted by molar-refractivity contribution is 0.145. The van der Waals surface area contributed by atoms with E-state index in [4.69, 9.17) is 16.7 Å². The van der Waals surface area contributed by atoms with Crippen LogP contribution < -0.4 is 4.74 Å².